The molecule has 0 radical (unpaired) electrons. The second kappa shape index (κ2) is 7.22. The maximum Gasteiger partial charge on any atom is 0.240 e. The van der Waals surface area contributed by atoms with Gasteiger partial charge in [-0.3, -0.25) is 4.90 Å². The van der Waals surface area contributed by atoms with Gasteiger partial charge >= 0.3 is 0 Å². The fraction of sp³-hybridized carbons (Fsp3) is 0.500. The highest BCUT2D eigenvalue weighted by Crippen LogP contribution is 2.19. The Labute approximate surface area is 135 Å². The predicted molar refractivity (Wildman–Crippen MR) is 83.9 cm³/mol. The average molecular weight is 322 g/mol. The van der Waals surface area contributed by atoms with E-state index >= 15 is 0 Å². The van der Waals surface area contributed by atoms with Crippen molar-refractivity contribution < 1.29 is 9.26 Å². The number of ether oxygens (including phenoxy) is 1. The molecule has 1 aliphatic rings. The minimum absolute atomic E-state index is 0.521. The van der Waals surface area contributed by atoms with Gasteiger partial charge in [0.05, 0.1) is 6.54 Å². The molecule has 6 heteroatoms. The molecule has 1 aliphatic heterocycles. The van der Waals surface area contributed by atoms with E-state index in [0.717, 1.165) is 36.6 Å². The Balaban J connectivity index is 1.60. The van der Waals surface area contributed by atoms with E-state index in [1.807, 2.05) is 24.3 Å². The summed E-state index contributed by atoms with van der Waals surface area (Å²) in [7, 11) is 2.09. The maximum absolute atomic E-state index is 6.16. The number of nitrogens with zero attached hydrogens (tertiary/aromatic N) is 3. The Morgan fingerprint density at radius 3 is 2.82 bits per heavy atom. The Morgan fingerprint density at radius 1 is 1.27 bits per heavy atom. The van der Waals surface area contributed by atoms with Crippen LogP contribution in [-0.4, -0.2) is 41.3 Å². The quantitative estimate of drug-likeness (QED) is 0.847. The lowest BCUT2D eigenvalue weighted by Crippen LogP contribution is -2.36. The van der Waals surface area contributed by atoms with Gasteiger partial charge in [-0.15, -0.1) is 0 Å². The highest BCUT2D eigenvalue weighted by atomic mass is 35.5. The van der Waals surface area contributed by atoms with Gasteiger partial charge in [0.2, 0.25) is 5.89 Å². The highest BCUT2D eigenvalue weighted by molar-refractivity contribution is 6.31. The molecule has 22 heavy (non-hydrogen) atoms. The summed E-state index contributed by atoms with van der Waals surface area (Å²) >= 11 is 6.16. The van der Waals surface area contributed by atoms with E-state index in [0.29, 0.717) is 30.7 Å². The van der Waals surface area contributed by atoms with Crippen molar-refractivity contribution in [2.24, 2.45) is 0 Å². The standard InChI is InChI=1S/C16H20ClN3O2/c1-20(13-6-8-21-9-7-13)11-16-18-15(19-22-16)10-12-4-2-3-5-14(12)17/h2-5,13H,6-11H2,1H3. The lowest BCUT2D eigenvalue weighted by molar-refractivity contribution is 0.0376. The van der Waals surface area contributed by atoms with Crippen LogP contribution in [0.25, 0.3) is 0 Å². The fourth-order valence-corrected chi connectivity index (χ4v) is 2.91. The third-order valence-corrected chi connectivity index (χ3v) is 4.38. The summed E-state index contributed by atoms with van der Waals surface area (Å²) in [5.41, 5.74) is 1.01. The summed E-state index contributed by atoms with van der Waals surface area (Å²) in [4.78, 5) is 6.73. The summed E-state index contributed by atoms with van der Waals surface area (Å²) in [6, 6.07) is 8.24. The minimum Gasteiger partial charge on any atom is -0.381 e. The summed E-state index contributed by atoms with van der Waals surface area (Å²) < 4.78 is 10.8. The molecule has 1 aromatic heterocycles. The first-order valence-electron chi connectivity index (χ1n) is 7.55. The summed E-state index contributed by atoms with van der Waals surface area (Å²) in [6.07, 6.45) is 2.69. The fourth-order valence-electron chi connectivity index (χ4n) is 2.71. The summed E-state index contributed by atoms with van der Waals surface area (Å²) in [5.74, 6) is 1.32. The van der Waals surface area contributed by atoms with Crippen molar-refractivity contribution in [1.29, 1.82) is 0 Å². The lowest BCUT2D eigenvalue weighted by atomic mass is 10.1. The minimum atomic E-state index is 0.521. The van der Waals surface area contributed by atoms with E-state index < -0.39 is 0 Å². The first-order valence-corrected chi connectivity index (χ1v) is 7.93. The van der Waals surface area contributed by atoms with Crippen LogP contribution in [0.15, 0.2) is 28.8 Å². The van der Waals surface area contributed by atoms with Crippen LogP contribution in [0.2, 0.25) is 5.02 Å². The molecule has 0 saturated carbocycles. The SMILES string of the molecule is CN(Cc1nc(Cc2ccccc2Cl)no1)C1CCOCC1. The molecule has 118 valence electrons. The van der Waals surface area contributed by atoms with E-state index in [1.54, 1.807) is 0 Å². The van der Waals surface area contributed by atoms with Crippen LogP contribution in [0.4, 0.5) is 0 Å². The topological polar surface area (TPSA) is 51.4 Å². The van der Waals surface area contributed by atoms with Crippen molar-refractivity contribution in [3.05, 3.63) is 46.6 Å². The molecular formula is C16H20ClN3O2. The van der Waals surface area contributed by atoms with Crippen LogP contribution in [0.3, 0.4) is 0 Å². The van der Waals surface area contributed by atoms with Gasteiger partial charge < -0.3 is 9.26 Å². The van der Waals surface area contributed by atoms with Gasteiger partial charge in [-0.1, -0.05) is 35.0 Å². The van der Waals surface area contributed by atoms with Crippen LogP contribution >= 0.6 is 11.6 Å². The molecule has 0 spiro atoms. The van der Waals surface area contributed by atoms with Crippen molar-refractivity contribution in [3.63, 3.8) is 0 Å². The van der Waals surface area contributed by atoms with E-state index in [1.165, 1.54) is 0 Å². The molecule has 0 bridgehead atoms. The Bertz CT molecular complexity index is 611. The monoisotopic (exact) mass is 321 g/mol. The molecular weight excluding hydrogens is 302 g/mol. The zero-order chi connectivity index (χ0) is 15.4. The summed E-state index contributed by atoms with van der Waals surface area (Å²) in [5, 5.41) is 4.78. The zero-order valence-electron chi connectivity index (χ0n) is 12.7. The number of halogens is 1. The van der Waals surface area contributed by atoms with Crippen molar-refractivity contribution in [2.45, 2.75) is 31.8 Å². The number of rotatable bonds is 5. The first kappa shape index (κ1) is 15.5. The molecule has 2 aromatic rings. The van der Waals surface area contributed by atoms with E-state index in [-0.39, 0.29) is 0 Å². The molecule has 2 heterocycles. The van der Waals surface area contributed by atoms with E-state index in [2.05, 4.69) is 22.1 Å². The van der Waals surface area contributed by atoms with Gasteiger partial charge in [0.1, 0.15) is 0 Å². The summed E-state index contributed by atoms with van der Waals surface area (Å²) in [6.45, 7) is 2.33. The Hall–Kier alpha value is -1.43. The van der Waals surface area contributed by atoms with E-state index in [4.69, 9.17) is 20.9 Å². The van der Waals surface area contributed by atoms with Crippen LogP contribution in [0, 0.1) is 0 Å². The lowest BCUT2D eigenvalue weighted by Gasteiger charge is -2.29. The Morgan fingerprint density at radius 2 is 2.05 bits per heavy atom. The Kier molecular flexibility index (Phi) is 5.08. The molecule has 5 nitrogen and oxygen atoms in total. The molecule has 1 fully saturated rings. The van der Waals surface area contributed by atoms with Gasteiger partial charge in [-0.05, 0) is 31.5 Å². The smallest absolute Gasteiger partial charge is 0.240 e. The molecule has 3 rings (SSSR count). The van der Waals surface area contributed by atoms with Gasteiger partial charge in [0, 0.05) is 30.7 Å². The molecule has 1 saturated heterocycles. The van der Waals surface area contributed by atoms with Gasteiger partial charge in [-0.2, -0.15) is 4.98 Å². The molecule has 0 N–H and O–H groups in total. The number of benzene rings is 1. The molecule has 0 aliphatic carbocycles. The van der Waals surface area contributed by atoms with Gasteiger partial charge in [-0.25, -0.2) is 0 Å². The third-order valence-electron chi connectivity index (χ3n) is 4.02. The maximum atomic E-state index is 6.16. The van der Waals surface area contributed by atoms with Crippen LogP contribution in [0.5, 0.6) is 0 Å². The second-order valence-corrected chi connectivity index (χ2v) is 6.04. The van der Waals surface area contributed by atoms with Crippen molar-refractivity contribution in [2.75, 3.05) is 20.3 Å². The normalized spacial score (nSPS) is 16.3. The van der Waals surface area contributed by atoms with Gasteiger partial charge in [0.25, 0.3) is 0 Å². The number of aromatic nitrogens is 2. The second-order valence-electron chi connectivity index (χ2n) is 5.63. The largest absolute Gasteiger partial charge is 0.381 e. The molecule has 0 unspecified atom stereocenters. The molecule has 0 amide bonds. The highest BCUT2D eigenvalue weighted by Gasteiger charge is 2.20. The predicted octanol–water partition coefficient (Wildman–Crippen LogP) is 2.92. The first-order chi connectivity index (χ1) is 10.7. The van der Waals surface area contributed by atoms with Crippen LogP contribution in [0.1, 0.15) is 30.1 Å². The van der Waals surface area contributed by atoms with Crippen molar-refractivity contribution in [3.8, 4) is 0 Å². The molecule has 0 atom stereocenters. The zero-order valence-corrected chi connectivity index (χ0v) is 13.4. The van der Waals surface area contributed by atoms with Crippen molar-refractivity contribution in [1.82, 2.24) is 15.0 Å². The third kappa shape index (κ3) is 3.85. The number of hydrogen-bond acceptors (Lipinski definition) is 5. The van der Waals surface area contributed by atoms with Crippen molar-refractivity contribution >= 4 is 11.6 Å². The molecule has 1 aromatic carbocycles. The number of hydrogen-bond donors (Lipinski definition) is 0. The van der Waals surface area contributed by atoms with E-state index in [9.17, 15) is 0 Å². The van der Waals surface area contributed by atoms with Crippen LogP contribution in [-0.2, 0) is 17.7 Å². The average Bonchev–Trinajstić information content (AvgIpc) is 2.97. The van der Waals surface area contributed by atoms with Crippen LogP contribution < -0.4 is 0 Å². The van der Waals surface area contributed by atoms with Gasteiger partial charge in [0.15, 0.2) is 5.82 Å².